The molecule has 0 saturated carbocycles. The lowest BCUT2D eigenvalue weighted by molar-refractivity contribution is -0.709. The number of quaternary nitrogens is 1. The highest BCUT2D eigenvalue weighted by molar-refractivity contribution is 5.25. The van der Waals surface area contributed by atoms with Gasteiger partial charge in [-0.05, 0) is 38.1 Å². The van der Waals surface area contributed by atoms with E-state index in [1.165, 1.54) is 5.56 Å². The Hall–Kier alpha value is -0.770. The molecule has 0 amide bonds. The monoisotopic (exact) mass is 271 g/mol. The molecule has 1 saturated heterocycles. The predicted molar refractivity (Wildman–Crippen MR) is 66.8 cm³/mol. The van der Waals surface area contributed by atoms with Crippen LogP contribution >= 0.6 is 0 Å². The highest BCUT2D eigenvalue weighted by Gasteiger charge is 2.30. The molecule has 1 atom stereocenters. The van der Waals surface area contributed by atoms with Crippen molar-refractivity contribution in [3.63, 3.8) is 0 Å². The zero-order valence-electron chi connectivity index (χ0n) is 11.0. The highest BCUT2D eigenvalue weighted by atomic mass is 35.5. The maximum Gasteiger partial charge on any atom is 0.115 e. The Morgan fingerprint density at radius 2 is 2.00 bits per heavy atom. The normalized spacial score (nSPS) is 22.2. The molecule has 1 aromatic carbocycles. The van der Waals surface area contributed by atoms with Gasteiger partial charge in [0.2, 0.25) is 0 Å². The van der Waals surface area contributed by atoms with Gasteiger partial charge in [-0.15, -0.1) is 0 Å². The van der Waals surface area contributed by atoms with Crippen molar-refractivity contribution in [1.82, 2.24) is 0 Å². The number of phenolic OH excluding ortho intramolecular Hbond substituents is 1. The average molecular weight is 272 g/mol. The average Bonchev–Trinajstić information content (AvgIpc) is 2.27. The van der Waals surface area contributed by atoms with Crippen LogP contribution in [0.5, 0.6) is 5.75 Å². The summed E-state index contributed by atoms with van der Waals surface area (Å²) in [5.41, 5.74) is 1.28. The summed E-state index contributed by atoms with van der Waals surface area (Å²) in [5, 5.41) is 11.6. The number of hydrogen-bond acceptors (Lipinski definition) is 2. The van der Waals surface area contributed by atoms with Gasteiger partial charge in [0, 0.05) is 18.4 Å². The van der Waals surface area contributed by atoms with Crippen LogP contribution in [0.2, 0.25) is 0 Å². The molecule has 3 nitrogen and oxygen atoms in total. The summed E-state index contributed by atoms with van der Waals surface area (Å²) in [5.74, 6) is 0.334. The number of aromatic hydroxyl groups is 1. The van der Waals surface area contributed by atoms with Crippen LogP contribution in [0.15, 0.2) is 24.3 Å². The molecule has 0 radical (unpaired) electrons. The second-order valence-corrected chi connectivity index (χ2v) is 5.47. The van der Waals surface area contributed by atoms with Crippen molar-refractivity contribution in [3.05, 3.63) is 29.8 Å². The minimum atomic E-state index is 0. The number of benzene rings is 1. The predicted octanol–water partition coefficient (Wildman–Crippen LogP) is -1.58. The van der Waals surface area contributed by atoms with E-state index in [0.29, 0.717) is 11.8 Å². The van der Waals surface area contributed by atoms with Gasteiger partial charge >= 0.3 is 0 Å². The molecular weight excluding hydrogens is 250 g/mol. The van der Waals surface area contributed by atoms with E-state index in [-0.39, 0.29) is 18.0 Å². The summed E-state index contributed by atoms with van der Waals surface area (Å²) in [4.78, 5) is 0. The van der Waals surface area contributed by atoms with Gasteiger partial charge in [-0.25, -0.2) is 0 Å². The summed E-state index contributed by atoms with van der Waals surface area (Å²) in [6.45, 7) is 6.16. The molecule has 1 aromatic rings. The molecule has 2 rings (SSSR count). The maximum absolute atomic E-state index is 9.22. The smallest absolute Gasteiger partial charge is 0.115 e. The van der Waals surface area contributed by atoms with E-state index < -0.39 is 0 Å². The van der Waals surface area contributed by atoms with Crippen molar-refractivity contribution in [1.29, 1.82) is 0 Å². The first kappa shape index (κ1) is 15.3. The molecule has 1 aliphatic heterocycles. The second kappa shape index (κ2) is 6.41. The zero-order chi connectivity index (χ0) is 12.3. The number of rotatable bonds is 3. The minimum Gasteiger partial charge on any atom is -1.00 e. The minimum absolute atomic E-state index is 0. The summed E-state index contributed by atoms with van der Waals surface area (Å²) < 4.78 is 5.71. The molecule has 0 aliphatic carbocycles. The fourth-order valence-electron chi connectivity index (χ4n) is 2.41. The lowest BCUT2D eigenvalue weighted by Crippen LogP contribution is -3.00. The fraction of sp³-hybridized carbons (Fsp3) is 0.571. The fourth-order valence-corrected chi connectivity index (χ4v) is 2.41. The summed E-state index contributed by atoms with van der Waals surface area (Å²) in [7, 11) is 0. The molecule has 3 N–H and O–H groups in total. The van der Waals surface area contributed by atoms with Gasteiger partial charge in [0.25, 0.3) is 0 Å². The van der Waals surface area contributed by atoms with Crippen molar-refractivity contribution in [2.45, 2.75) is 44.9 Å². The van der Waals surface area contributed by atoms with Crippen LogP contribution in [0, 0.1) is 0 Å². The Morgan fingerprint density at radius 1 is 1.33 bits per heavy atom. The third kappa shape index (κ3) is 4.48. The molecule has 18 heavy (non-hydrogen) atoms. The van der Waals surface area contributed by atoms with Crippen LogP contribution in [-0.2, 0) is 11.3 Å². The van der Waals surface area contributed by atoms with E-state index in [9.17, 15) is 5.11 Å². The highest BCUT2D eigenvalue weighted by Crippen LogP contribution is 2.22. The topological polar surface area (TPSA) is 46.1 Å². The number of nitrogens with two attached hydrogens (primary N) is 1. The summed E-state index contributed by atoms with van der Waals surface area (Å²) in [6, 6.07) is 8.10. The molecule has 102 valence electrons. The Kier molecular flexibility index (Phi) is 5.45. The lowest BCUT2D eigenvalue weighted by atomic mass is 9.94. The summed E-state index contributed by atoms with van der Waals surface area (Å²) >= 11 is 0. The van der Waals surface area contributed by atoms with E-state index in [1.54, 1.807) is 12.1 Å². The number of ether oxygens (including phenoxy) is 1. The van der Waals surface area contributed by atoms with Gasteiger partial charge in [0.15, 0.2) is 0 Å². The van der Waals surface area contributed by atoms with Crippen LogP contribution in [0.3, 0.4) is 0 Å². The van der Waals surface area contributed by atoms with Gasteiger partial charge in [0.1, 0.15) is 12.3 Å². The quantitative estimate of drug-likeness (QED) is 0.697. The molecule has 4 heteroatoms. The van der Waals surface area contributed by atoms with Crippen LogP contribution in [0.25, 0.3) is 0 Å². The van der Waals surface area contributed by atoms with Crippen molar-refractivity contribution < 1.29 is 27.6 Å². The van der Waals surface area contributed by atoms with Gasteiger partial charge in [0.05, 0.1) is 18.2 Å². The molecule has 0 bridgehead atoms. The van der Waals surface area contributed by atoms with Crippen LogP contribution < -0.4 is 17.7 Å². The van der Waals surface area contributed by atoms with E-state index in [1.807, 2.05) is 12.1 Å². The number of halogens is 1. The molecule has 0 spiro atoms. The Morgan fingerprint density at radius 3 is 2.61 bits per heavy atom. The molecule has 1 fully saturated rings. The van der Waals surface area contributed by atoms with E-state index in [0.717, 1.165) is 26.0 Å². The van der Waals surface area contributed by atoms with Crippen molar-refractivity contribution in [3.8, 4) is 5.75 Å². The van der Waals surface area contributed by atoms with Crippen LogP contribution in [0.1, 0.15) is 32.3 Å². The largest absolute Gasteiger partial charge is 1.00 e. The van der Waals surface area contributed by atoms with E-state index in [2.05, 4.69) is 19.2 Å². The second-order valence-electron chi connectivity index (χ2n) is 5.47. The van der Waals surface area contributed by atoms with Crippen LogP contribution in [0.4, 0.5) is 0 Å². The Balaban J connectivity index is 0.00000162. The lowest BCUT2D eigenvalue weighted by Gasteiger charge is -2.34. The van der Waals surface area contributed by atoms with Crippen molar-refractivity contribution >= 4 is 0 Å². The molecular formula is C14H22ClNO2. The number of hydrogen-bond donors (Lipinski definition) is 2. The molecule has 1 heterocycles. The van der Waals surface area contributed by atoms with Gasteiger partial charge in [-0.3, -0.25) is 0 Å². The van der Waals surface area contributed by atoms with E-state index >= 15 is 0 Å². The molecule has 1 unspecified atom stereocenters. The molecule has 0 aromatic heterocycles. The number of phenols is 1. The Labute approximate surface area is 115 Å². The third-order valence-electron chi connectivity index (χ3n) is 3.36. The first-order valence-electron chi connectivity index (χ1n) is 6.30. The van der Waals surface area contributed by atoms with Gasteiger partial charge in [-0.1, -0.05) is 0 Å². The first-order chi connectivity index (χ1) is 8.05. The first-order valence-corrected chi connectivity index (χ1v) is 6.30. The third-order valence-corrected chi connectivity index (χ3v) is 3.36. The van der Waals surface area contributed by atoms with Crippen molar-refractivity contribution in [2.24, 2.45) is 0 Å². The van der Waals surface area contributed by atoms with Crippen molar-refractivity contribution in [2.75, 3.05) is 6.61 Å². The standard InChI is InChI=1S/C14H21NO2.ClH/c1-14(2)9-12(7-8-17-14)15-10-11-3-5-13(16)6-4-11;/h3-6,12,15-16H,7-10H2,1-2H3;1H. The Bertz CT molecular complexity index is 365. The van der Waals surface area contributed by atoms with Crippen LogP contribution in [-0.4, -0.2) is 23.4 Å². The maximum atomic E-state index is 9.22. The SMILES string of the molecule is CC1(C)CC([NH2+]Cc2ccc(O)cc2)CCO1.[Cl-]. The molecule has 1 aliphatic rings. The van der Waals surface area contributed by atoms with E-state index in [4.69, 9.17) is 4.74 Å². The van der Waals surface area contributed by atoms with Gasteiger partial charge < -0.3 is 27.6 Å². The summed E-state index contributed by atoms with van der Waals surface area (Å²) in [6.07, 6.45) is 2.23. The van der Waals surface area contributed by atoms with Gasteiger partial charge in [-0.2, -0.15) is 0 Å². The zero-order valence-corrected chi connectivity index (χ0v) is 11.8.